The van der Waals surface area contributed by atoms with Gasteiger partial charge in [0.2, 0.25) is 0 Å². The van der Waals surface area contributed by atoms with Gasteiger partial charge in [-0.2, -0.15) is 0 Å². The van der Waals surface area contributed by atoms with Gasteiger partial charge in [-0.3, -0.25) is 4.79 Å². The molecule has 0 aromatic carbocycles. The molecular formula is C11H21NO. The number of ketones is 1. The van der Waals surface area contributed by atoms with Crippen LogP contribution in [0.15, 0.2) is 0 Å². The molecule has 1 aliphatic carbocycles. The monoisotopic (exact) mass is 183 g/mol. The van der Waals surface area contributed by atoms with Gasteiger partial charge in [0, 0.05) is 12.8 Å². The lowest BCUT2D eigenvalue weighted by atomic mass is 9.97. The average Bonchev–Trinajstić information content (AvgIpc) is 2.94. The molecule has 0 heterocycles. The standard InChI is InChI=1S/C11H21NO/c1-2-9(8-12)7-11(13)6-5-10-3-4-10/h9-10H,2-8,12H2,1H3. The quantitative estimate of drug-likeness (QED) is 0.657. The summed E-state index contributed by atoms with van der Waals surface area (Å²) in [7, 11) is 0. The zero-order valence-electron chi connectivity index (χ0n) is 8.59. The molecule has 1 atom stereocenters. The zero-order chi connectivity index (χ0) is 9.68. The van der Waals surface area contributed by atoms with E-state index in [1.54, 1.807) is 0 Å². The van der Waals surface area contributed by atoms with Crippen LogP contribution in [0.3, 0.4) is 0 Å². The number of hydrogen-bond acceptors (Lipinski definition) is 2. The molecule has 0 spiro atoms. The van der Waals surface area contributed by atoms with Crippen molar-refractivity contribution >= 4 is 5.78 Å². The Morgan fingerprint density at radius 1 is 1.54 bits per heavy atom. The first-order valence-electron chi connectivity index (χ1n) is 5.48. The number of carbonyl (C=O) groups is 1. The molecule has 0 amide bonds. The molecular weight excluding hydrogens is 162 g/mol. The maximum absolute atomic E-state index is 11.4. The fraction of sp³-hybridized carbons (Fsp3) is 0.909. The first-order chi connectivity index (χ1) is 6.26. The van der Waals surface area contributed by atoms with Crippen LogP contribution in [0, 0.1) is 11.8 Å². The number of rotatable bonds is 7. The second-order valence-electron chi connectivity index (χ2n) is 4.23. The van der Waals surface area contributed by atoms with Crippen LogP contribution in [0.4, 0.5) is 0 Å². The summed E-state index contributed by atoms with van der Waals surface area (Å²) in [5.74, 6) is 1.72. The summed E-state index contributed by atoms with van der Waals surface area (Å²) >= 11 is 0. The second-order valence-corrected chi connectivity index (χ2v) is 4.23. The maximum Gasteiger partial charge on any atom is 0.133 e. The van der Waals surface area contributed by atoms with Crippen LogP contribution >= 0.6 is 0 Å². The zero-order valence-corrected chi connectivity index (χ0v) is 8.59. The molecule has 2 N–H and O–H groups in total. The Hall–Kier alpha value is -0.370. The van der Waals surface area contributed by atoms with Crippen LogP contribution < -0.4 is 5.73 Å². The summed E-state index contributed by atoms with van der Waals surface area (Å²) in [5.41, 5.74) is 5.55. The van der Waals surface area contributed by atoms with E-state index in [-0.39, 0.29) is 0 Å². The molecule has 0 saturated heterocycles. The highest BCUT2D eigenvalue weighted by molar-refractivity contribution is 5.78. The summed E-state index contributed by atoms with van der Waals surface area (Å²) in [4.78, 5) is 11.4. The van der Waals surface area contributed by atoms with Crippen molar-refractivity contribution in [2.24, 2.45) is 17.6 Å². The molecule has 0 aromatic rings. The van der Waals surface area contributed by atoms with Crippen molar-refractivity contribution in [1.29, 1.82) is 0 Å². The molecule has 1 fully saturated rings. The molecule has 2 heteroatoms. The van der Waals surface area contributed by atoms with Gasteiger partial charge in [0.25, 0.3) is 0 Å². The third kappa shape index (κ3) is 4.41. The number of hydrogen-bond donors (Lipinski definition) is 1. The Kier molecular flexibility index (Phi) is 4.43. The van der Waals surface area contributed by atoms with Crippen LogP contribution in [0.5, 0.6) is 0 Å². The van der Waals surface area contributed by atoms with Crippen LogP contribution in [0.25, 0.3) is 0 Å². The van der Waals surface area contributed by atoms with Crippen LogP contribution in [0.1, 0.15) is 45.4 Å². The highest BCUT2D eigenvalue weighted by atomic mass is 16.1. The fourth-order valence-electron chi connectivity index (χ4n) is 1.59. The molecule has 0 bridgehead atoms. The summed E-state index contributed by atoms with van der Waals surface area (Å²) < 4.78 is 0. The third-order valence-electron chi connectivity index (χ3n) is 2.96. The lowest BCUT2D eigenvalue weighted by Gasteiger charge is -2.10. The van der Waals surface area contributed by atoms with Crippen molar-refractivity contribution < 1.29 is 4.79 Å². The predicted octanol–water partition coefficient (Wildman–Crippen LogP) is 2.12. The van der Waals surface area contributed by atoms with E-state index in [1.807, 2.05) is 0 Å². The van der Waals surface area contributed by atoms with Gasteiger partial charge in [0.1, 0.15) is 5.78 Å². The van der Waals surface area contributed by atoms with Crippen LogP contribution in [-0.4, -0.2) is 12.3 Å². The van der Waals surface area contributed by atoms with Gasteiger partial charge in [-0.25, -0.2) is 0 Å². The Balaban J connectivity index is 2.07. The Morgan fingerprint density at radius 2 is 2.23 bits per heavy atom. The molecule has 2 nitrogen and oxygen atoms in total. The SMILES string of the molecule is CCC(CN)CC(=O)CCC1CC1. The molecule has 1 saturated carbocycles. The first kappa shape index (κ1) is 10.7. The van der Waals surface area contributed by atoms with E-state index in [0.29, 0.717) is 24.7 Å². The van der Waals surface area contributed by atoms with Crippen LogP contribution in [0.2, 0.25) is 0 Å². The molecule has 0 aromatic heterocycles. The minimum atomic E-state index is 0.421. The van der Waals surface area contributed by atoms with Gasteiger partial charge in [-0.1, -0.05) is 26.2 Å². The van der Waals surface area contributed by atoms with E-state index < -0.39 is 0 Å². The molecule has 1 rings (SSSR count). The lowest BCUT2D eigenvalue weighted by Crippen LogP contribution is -2.17. The molecule has 76 valence electrons. The minimum Gasteiger partial charge on any atom is -0.330 e. The molecule has 1 unspecified atom stereocenters. The lowest BCUT2D eigenvalue weighted by molar-refractivity contribution is -0.120. The molecule has 0 radical (unpaired) electrons. The van der Waals surface area contributed by atoms with Crippen molar-refractivity contribution in [1.82, 2.24) is 0 Å². The highest BCUT2D eigenvalue weighted by Crippen LogP contribution is 2.33. The maximum atomic E-state index is 11.4. The van der Waals surface area contributed by atoms with E-state index in [4.69, 9.17) is 5.73 Å². The molecule has 13 heavy (non-hydrogen) atoms. The summed E-state index contributed by atoms with van der Waals surface area (Å²) in [6.45, 7) is 2.76. The fourth-order valence-corrected chi connectivity index (χ4v) is 1.59. The highest BCUT2D eigenvalue weighted by Gasteiger charge is 2.22. The average molecular weight is 183 g/mol. The van der Waals surface area contributed by atoms with Gasteiger partial charge in [-0.15, -0.1) is 0 Å². The smallest absolute Gasteiger partial charge is 0.133 e. The van der Waals surface area contributed by atoms with Crippen LogP contribution in [-0.2, 0) is 4.79 Å². The van der Waals surface area contributed by atoms with Gasteiger partial charge in [0.05, 0.1) is 0 Å². The van der Waals surface area contributed by atoms with Gasteiger partial charge in [0.15, 0.2) is 0 Å². The second kappa shape index (κ2) is 5.38. The number of Topliss-reactive ketones (excluding diaryl/α,β-unsaturated/α-hetero) is 1. The van der Waals surface area contributed by atoms with Gasteiger partial charge < -0.3 is 5.73 Å². The van der Waals surface area contributed by atoms with Crippen molar-refractivity contribution in [3.8, 4) is 0 Å². The van der Waals surface area contributed by atoms with Crippen molar-refractivity contribution in [3.05, 3.63) is 0 Å². The Labute approximate surface area is 80.9 Å². The van der Waals surface area contributed by atoms with Crippen molar-refractivity contribution in [2.45, 2.75) is 45.4 Å². The number of nitrogens with two attached hydrogens (primary N) is 1. The first-order valence-corrected chi connectivity index (χ1v) is 5.48. The summed E-state index contributed by atoms with van der Waals surface area (Å²) in [6, 6.07) is 0. The Morgan fingerprint density at radius 3 is 2.69 bits per heavy atom. The van der Waals surface area contributed by atoms with Gasteiger partial charge >= 0.3 is 0 Å². The normalized spacial score (nSPS) is 18.6. The number of carbonyl (C=O) groups excluding carboxylic acids is 1. The van der Waals surface area contributed by atoms with E-state index >= 15 is 0 Å². The largest absolute Gasteiger partial charge is 0.330 e. The van der Waals surface area contributed by atoms with E-state index in [2.05, 4.69) is 6.92 Å². The van der Waals surface area contributed by atoms with E-state index in [1.165, 1.54) is 12.8 Å². The Bertz CT molecular complexity index is 159. The molecule has 0 aliphatic heterocycles. The van der Waals surface area contributed by atoms with Gasteiger partial charge in [-0.05, 0) is 24.8 Å². The predicted molar refractivity (Wildman–Crippen MR) is 54.4 cm³/mol. The summed E-state index contributed by atoms with van der Waals surface area (Å²) in [5, 5.41) is 0. The van der Waals surface area contributed by atoms with E-state index in [0.717, 1.165) is 25.2 Å². The topological polar surface area (TPSA) is 43.1 Å². The van der Waals surface area contributed by atoms with Crippen molar-refractivity contribution in [2.75, 3.05) is 6.54 Å². The van der Waals surface area contributed by atoms with Crippen molar-refractivity contribution in [3.63, 3.8) is 0 Å². The minimum absolute atomic E-state index is 0.421. The third-order valence-corrected chi connectivity index (χ3v) is 2.96. The summed E-state index contributed by atoms with van der Waals surface area (Å²) in [6.07, 6.45) is 6.36. The van der Waals surface area contributed by atoms with E-state index in [9.17, 15) is 4.79 Å². The molecule has 1 aliphatic rings.